The zero-order valence-corrected chi connectivity index (χ0v) is 8.63. The molecule has 78 valence electrons. The summed E-state index contributed by atoms with van der Waals surface area (Å²) in [6.45, 7) is 3.50. The molecule has 0 fully saturated rings. The van der Waals surface area contributed by atoms with Gasteiger partial charge in [0.2, 0.25) is 10.1 Å². The predicted octanol–water partition coefficient (Wildman–Crippen LogP) is -0.113. The normalized spacial score (nSPS) is 10.1. The van der Waals surface area contributed by atoms with E-state index in [1.807, 2.05) is 6.92 Å². The van der Waals surface area contributed by atoms with Crippen molar-refractivity contribution in [1.82, 2.24) is 15.5 Å². The number of carbonyl (C=O) groups excluding carboxylic acids is 1. The van der Waals surface area contributed by atoms with E-state index in [0.717, 1.165) is 11.3 Å². The van der Waals surface area contributed by atoms with Gasteiger partial charge in [0.05, 0.1) is 6.61 Å². The fourth-order valence-corrected chi connectivity index (χ4v) is 1.31. The molecule has 0 radical (unpaired) electrons. The molecular weight excluding hydrogens is 204 g/mol. The summed E-state index contributed by atoms with van der Waals surface area (Å²) in [6, 6.07) is 0. The lowest BCUT2D eigenvalue weighted by Crippen LogP contribution is -2.27. The molecule has 1 heterocycles. The number of hydrogen-bond donors (Lipinski definition) is 2. The van der Waals surface area contributed by atoms with Crippen LogP contribution in [0.3, 0.4) is 0 Å². The Morgan fingerprint density at radius 1 is 1.64 bits per heavy atom. The van der Waals surface area contributed by atoms with Crippen molar-refractivity contribution in [2.24, 2.45) is 0 Å². The van der Waals surface area contributed by atoms with E-state index in [0.29, 0.717) is 24.9 Å². The first kappa shape index (κ1) is 10.9. The van der Waals surface area contributed by atoms with Gasteiger partial charge in [-0.05, 0) is 6.92 Å². The van der Waals surface area contributed by atoms with E-state index in [9.17, 15) is 4.79 Å². The van der Waals surface area contributed by atoms with Crippen molar-refractivity contribution in [3.8, 4) is 0 Å². The van der Waals surface area contributed by atoms with Gasteiger partial charge in [-0.15, -0.1) is 10.2 Å². The fourth-order valence-electron chi connectivity index (χ4n) is 0.783. The Kier molecular flexibility index (Phi) is 4.27. The summed E-state index contributed by atoms with van der Waals surface area (Å²) in [7, 11) is 0. The lowest BCUT2D eigenvalue weighted by Gasteiger charge is -2.01. The lowest BCUT2D eigenvalue weighted by atomic mass is 10.6. The number of rotatable bonds is 5. The van der Waals surface area contributed by atoms with Crippen LogP contribution >= 0.6 is 11.3 Å². The van der Waals surface area contributed by atoms with E-state index in [4.69, 9.17) is 10.5 Å². The first-order chi connectivity index (χ1) is 6.74. The number of anilines is 1. The molecule has 1 aromatic rings. The smallest absolute Gasteiger partial charge is 0.282 e. The Bertz CT molecular complexity index is 302. The second-order valence-corrected chi connectivity index (χ2v) is 3.41. The highest BCUT2D eigenvalue weighted by molar-refractivity contribution is 7.16. The van der Waals surface area contributed by atoms with Crippen LogP contribution in [0.4, 0.5) is 5.13 Å². The number of aromatic nitrogens is 2. The van der Waals surface area contributed by atoms with Crippen LogP contribution in [-0.4, -0.2) is 35.9 Å². The van der Waals surface area contributed by atoms with Crippen molar-refractivity contribution in [2.45, 2.75) is 6.92 Å². The van der Waals surface area contributed by atoms with E-state index < -0.39 is 0 Å². The Morgan fingerprint density at radius 2 is 2.43 bits per heavy atom. The standard InChI is InChI=1S/C7H12N4O2S/c1-2-13-4-3-9-5(12)6-10-11-7(8)14-6/h2-4H2,1H3,(H2,8,11)(H,9,12). The van der Waals surface area contributed by atoms with Gasteiger partial charge in [-0.25, -0.2) is 0 Å². The van der Waals surface area contributed by atoms with Crippen LogP contribution in [0.2, 0.25) is 0 Å². The van der Waals surface area contributed by atoms with E-state index in [2.05, 4.69) is 15.5 Å². The highest BCUT2D eigenvalue weighted by atomic mass is 32.1. The summed E-state index contributed by atoms with van der Waals surface area (Å²) in [4.78, 5) is 11.3. The second kappa shape index (κ2) is 5.51. The van der Waals surface area contributed by atoms with Gasteiger partial charge in [0.25, 0.3) is 5.91 Å². The summed E-state index contributed by atoms with van der Waals surface area (Å²) < 4.78 is 5.05. The minimum absolute atomic E-state index is 0.265. The Labute approximate surface area is 85.5 Å². The van der Waals surface area contributed by atoms with Gasteiger partial charge in [0, 0.05) is 13.2 Å². The number of nitrogens with two attached hydrogens (primary N) is 1. The molecule has 0 aliphatic carbocycles. The van der Waals surface area contributed by atoms with Crippen molar-refractivity contribution < 1.29 is 9.53 Å². The van der Waals surface area contributed by atoms with Crippen LogP contribution in [0.25, 0.3) is 0 Å². The molecule has 0 aromatic carbocycles. The molecule has 1 rings (SSSR count). The summed E-state index contributed by atoms with van der Waals surface area (Å²) in [6.07, 6.45) is 0. The van der Waals surface area contributed by atoms with Gasteiger partial charge in [0.15, 0.2) is 0 Å². The summed E-state index contributed by atoms with van der Waals surface area (Å²) >= 11 is 1.06. The van der Waals surface area contributed by atoms with E-state index in [1.165, 1.54) is 0 Å². The van der Waals surface area contributed by atoms with Crippen molar-refractivity contribution >= 4 is 22.4 Å². The largest absolute Gasteiger partial charge is 0.380 e. The Balaban J connectivity index is 2.29. The molecule has 0 saturated carbocycles. The Hall–Kier alpha value is -1.21. The summed E-state index contributed by atoms with van der Waals surface area (Å²) in [5.41, 5.74) is 5.33. The van der Waals surface area contributed by atoms with E-state index in [-0.39, 0.29) is 10.9 Å². The lowest BCUT2D eigenvalue weighted by molar-refractivity contribution is 0.0921. The van der Waals surface area contributed by atoms with Crippen LogP contribution in [0.5, 0.6) is 0 Å². The first-order valence-corrected chi connectivity index (χ1v) is 5.00. The summed E-state index contributed by atoms with van der Waals surface area (Å²) in [5.74, 6) is -0.265. The maximum atomic E-state index is 11.3. The molecule has 0 aliphatic rings. The van der Waals surface area contributed by atoms with E-state index >= 15 is 0 Å². The van der Waals surface area contributed by atoms with Gasteiger partial charge in [-0.3, -0.25) is 4.79 Å². The topological polar surface area (TPSA) is 90.1 Å². The number of nitrogens with zero attached hydrogens (tertiary/aromatic N) is 2. The minimum atomic E-state index is -0.265. The number of nitrogen functional groups attached to an aromatic ring is 1. The Morgan fingerprint density at radius 3 is 3.00 bits per heavy atom. The zero-order chi connectivity index (χ0) is 10.4. The number of ether oxygens (including phenoxy) is 1. The number of amides is 1. The summed E-state index contributed by atoms with van der Waals surface area (Å²) in [5, 5.41) is 10.3. The molecular formula is C7H12N4O2S. The van der Waals surface area contributed by atoms with Crippen molar-refractivity contribution in [3.63, 3.8) is 0 Å². The molecule has 0 saturated heterocycles. The van der Waals surface area contributed by atoms with Crippen LogP contribution in [-0.2, 0) is 4.74 Å². The molecule has 0 spiro atoms. The van der Waals surface area contributed by atoms with Crippen LogP contribution in [0, 0.1) is 0 Å². The van der Waals surface area contributed by atoms with Crippen molar-refractivity contribution in [3.05, 3.63) is 5.01 Å². The van der Waals surface area contributed by atoms with Crippen LogP contribution in [0.1, 0.15) is 16.7 Å². The molecule has 0 bridgehead atoms. The molecule has 6 nitrogen and oxygen atoms in total. The first-order valence-electron chi connectivity index (χ1n) is 4.19. The highest BCUT2D eigenvalue weighted by Gasteiger charge is 2.10. The third kappa shape index (κ3) is 3.27. The average Bonchev–Trinajstić information content (AvgIpc) is 2.59. The third-order valence-corrected chi connectivity index (χ3v) is 2.12. The van der Waals surface area contributed by atoms with Crippen molar-refractivity contribution in [2.75, 3.05) is 25.5 Å². The zero-order valence-electron chi connectivity index (χ0n) is 7.82. The second-order valence-electron chi connectivity index (χ2n) is 2.40. The molecule has 1 amide bonds. The van der Waals surface area contributed by atoms with Gasteiger partial charge in [0.1, 0.15) is 0 Å². The SMILES string of the molecule is CCOCCNC(=O)c1nnc(N)s1. The highest BCUT2D eigenvalue weighted by Crippen LogP contribution is 2.09. The predicted molar refractivity (Wildman–Crippen MR) is 53.1 cm³/mol. The molecule has 7 heteroatoms. The van der Waals surface area contributed by atoms with Crippen molar-refractivity contribution in [1.29, 1.82) is 0 Å². The maximum Gasteiger partial charge on any atom is 0.282 e. The number of nitrogens with one attached hydrogen (secondary N) is 1. The quantitative estimate of drug-likeness (QED) is 0.670. The van der Waals surface area contributed by atoms with Gasteiger partial charge < -0.3 is 15.8 Å². The van der Waals surface area contributed by atoms with Crippen LogP contribution in [0.15, 0.2) is 0 Å². The van der Waals surface area contributed by atoms with Crippen LogP contribution < -0.4 is 11.1 Å². The molecule has 3 N–H and O–H groups in total. The molecule has 0 atom stereocenters. The third-order valence-electron chi connectivity index (χ3n) is 1.37. The minimum Gasteiger partial charge on any atom is -0.380 e. The molecule has 0 aliphatic heterocycles. The monoisotopic (exact) mass is 216 g/mol. The van der Waals surface area contributed by atoms with E-state index in [1.54, 1.807) is 0 Å². The average molecular weight is 216 g/mol. The maximum absolute atomic E-state index is 11.3. The van der Waals surface area contributed by atoms with Gasteiger partial charge in [-0.2, -0.15) is 0 Å². The fraction of sp³-hybridized carbons (Fsp3) is 0.571. The molecule has 14 heavy (non-hydrogen) atoms. The number of hydrogen-bond acceptors (Lipinski definition) is 6. The molecule has 0 unspecified atom stereocenters. The van der Waals surface area contributed by atoms with Gasteiger partial charge >= 0.3 is 0 Å². The van der Waals surface area contributed by atoms with Gasteiger partial charge in [-0.1, -0.05) is 11.3 Å². The number of carbonyl (C=O) groups is 1. The molecule has 1 aromatic heterocycles.